The quantitative estimate of drug-likeness (QED) is 0.652. The molecule has 0 aromatic heterocycles. The van der Waals surface area contributed by atoms with Crippen LogP contribution in [0.4, 0.5) is 0 Å². The first kappa shape index (κ1) is 17.7. The van der Waals surface area contributed by atoms with Crippen LogP contribution in [0.2, 0.25) is 0 Å². The van der Waals surface area contributed by atoms with E-state index >= 15 is 0 Å². The Hall–Kier alpha value is -2.16. The lowest BCUT2D eigenvalue weighted by Crippen LogP contribution is -2.14. The summed E-state index contributed by atoms with van der Waals surface area (Å²) >= 11 is 0. The molecule has 2 aromatic rings. The van der Waals surface area contributed by atoms with E-state index in [0.29, 0.717) is 11.8 Å². The molecule has 0 fully saturated rings. The highest BCUT2D eigenvalue weighted by Gasteiger charge is 2.36. The van der Waals surface area contributed by atoms with Crippen LogP contribution in [0.15, 0.2) is 30.3 Å². The van der Waals surface area contributed by atoms with Crippen molar-refractivity contribution in [3.63, 3.8) is 0 Å². The number of fused-ring (bicyclic) bond motifs is 1. The first-order valence-corrected chi connectivity index (χ1v) is 9.25. The summed E-state index contributed by atoms with van der Waals surface area (Å²) in [6.45, 7) is 6.56. The molecule has 1 aliphatic rings. The van der Waals surface area contributed by atoms with Gasteiger partial charge in [-0.3, -0.25) is 0 Å². The average molecular weight is 340 g/mol. The molecule has 3 atom stereocenters. The van der Waals surface area contributed by atoms with Gasteiger partial charge in [-0.15, -0.1) is 0 Å². The number of aryl methyl sites for hydroxylation is 1. The van der Waals surface area contributed by atoms with Crippen molar-refractivity contribution in [1.82, 2.24) is 0 Å². The van der Waals surface area contributed by atoms with E-state index in [4.69, 9.17) is 0 Å². The Morgan fingerprint density at radius 2 is 1.76 bits per heavy atom. The number of phenolic OH excluding ortho intramolecular Hbond substituents is 3. The third kappa shape index (κ3) is 3.46. The maximum atomic E-state index is 10.0. The van der Waals surface area contributed by atoms with E-state index in [1.807, 2.05) is 13.0 Å². The number of benzene rings is 2. The molecule has 3 N–H and O–H groups in total. The molecule has 3 heteroatoms. The zero-order chi connectivity index (χ0) is 18.1. The molecule has 2 aromatic carbocycles. The second kappa shape index (κ2) is 6.99. The van der Waals surface area contributed by atoms with Crippen molar-refractivity contribution in [3.8, 4) is 17.2 Å². The largest absolute Gasteiger partial charge is 0.508 e. The van der Waals surface area contributed by atoms with Crippen molar-refractivity contribution in [3.05, 3.63) is 52.6 Å². The molecule has 0 saturated carbocycles. The lowest BCUT2D eigenvalue weighted by molar-refractivity contribution is 0.359. The van der Waals surface area contributed by atoms with Crippen molar-refractivity contribution >= 4 is 0 Å². The highest BCUT2D eigenvalue weighted by Crippen LogP contribution is 2.49. The summed E-state index contributed by atoms with van der Waals surface area (Å²) in [6, 6.07) is 9.00. The van der Waals surface area contributed by atoms with Gasteiger partial charge in [0.05, 0.1) is 0 Å². The maximum absolute atomic E-state index is 10.0. The van der Waals surface area contributed by atoms with Gasteiger partial charge in [0.2, 0.25) is 0 Å². The smallest absolute Gasteiger partial charge is 0.157 e. The van der Waals surface area contributed by atoms with Gasteiger partial charge in [0.25, 0.3) is 0 Å². The molecular formula is C22H28O3. The molecule has 25 heavy (non-hydrogen) atoms. The monoisotopic (exact) mass is 340 g/mol. The molecule has 0 radical (unpaired) electrons. The Bertz CT molecular complexity index is 766. The van der Waals surface area contributed by atoms with Gasteiger partial charge in [-0.2, -0.15) is 0 Å². The summed E-state index contributed by atoms with van der Waals surface area (Å²) in [7, 11) is 0. The molecule has 0 saturated heterocycles. The highest BCUT2D eigenvalue weighted by molar-refractivity contribution is 5.54. The molecule has 134 valence electrons. The van der Waals surface area contributed by atoms with E-state index < -0.39 is 0 Å². The second-order valence-electron chi connectivity index (χ2n) is 7.65. The van der Waals surface area contributed by atoms with Crippen LogP contribution in [0.25, 0.3) is 0 Å². The summed E-state index contributed by atoms with van der Waals surface area (Å²) in [5, 5.41) is 29.7. The first-order chi connectivity index (χ1) is 11.9. The van der Waals surface area contributed by atoms with Gasteiger partial charge in [-0.05, 0) is 78.1 Å². The van der Waals surface area contributed by atoms with Crippen LogP contribution in [-0.2, 0) is 6.42 Å². The van der Waals surface area contributed by atoms with E-state index in [2.05, 4.69) is 13.8 Å². The van der Waals surface area contributed by atoms with Gasteiger partial charge in [0, 0.05) is 5.92 Å². The fraction of sp³-hybridized carbons (Fsp3) is 0.455. The van der Waals surface area contributed by atoms with Crippen LogP contribution in [0.5, 0.6) is 17.2 Å². The van der Waals surface area contributed by atoms with Crippen LogP contribution in [0, 0.1) is 18.8 Å². The van der Waals surface area contributed by atoms with E-state index in [0.717, 1.165) is 29.5 Å². The summed E-state index contributed by atoms with van der Waals surface area (Å²) < 4.78 is 0. The maximum Gasteiger partial charge on any atom is 0.157 e. The van der Waals surface area contributed by atoms with Crippen molar-refractivity contribution in [2.45, 2.75) is 52.4 Å². The topological polar surface area (TPSA) is 60.7 Å². The van der Waals surface area contributed by atoms with Gasteiger partial charge in [0.1, 0.15) is 5.75 Å². The Labute approximate surface area is 150 Å². The minimum atomic E-state index is -0.0533. The molecule has 3 nitrogen and oxygen atoms in total. The lowest BCUT2D eigenvalue weighted by Gasteiger charge is -2.25. The third-order valence-electron chi connectivity index (χ3n) is 5.60. The Morgan fingerprint density at radius 3 is 2.44 bits per heavy atom. The van der Waals surface area contributed by atoms with E-state index in [9.17, 15) is 15.3 Å². The number of phenols is 3. The molecule has 0 spiro atoms. The fourth-order valence-electron chi connectivity index (χ4n) is 4.53. The fourth-order valence-corrected chi connectivity index (χ4v) is 4.53. The van der Waals surface area contributed by atoms with Gasteiger partial charge in [0.15, 0.2) is 11.5 Å². The predicted octanol–water partition coefficient (Wildman–Crippen LogP) is 5.24. The van der Waals surface area contributed by atoms with Crippen LogP contribution < -0.4 is 0 Å². The molecule has 2 unspecified atom stereocenters. The van der Waals surface area contributed by atoms with Crippen molar-refractivity contribution in [1.29, 1.82) is 0 Å². The molecule has 0 heterocycles. The SMILES string of the molecule is CCCC(C)CC1Cc2cc(O)c(O)cc2[C@@H]1c1ccc(O)cc1C. The zero-order valence-corrected chi connectivity index (χ0v) is 15.3. The number of hydrogen-bond acceptors (Lipinski definition) is 3. The Kier molecular flexibility index (Phi) is 4.94. The molecule has 0 aliphatic heterocycles. The number of aromatic hydroxyl groups is 3. The minimum Gasteiger partial charge on any atom is -0.508 e. The number of hydrogen-bond donors (Lipinski definition) is 3. The Balaban J connectivity index is 2.04. The van der Waals surface area contributed by atoms with Crippen molar-refractivity contribution in [2.24, 2.45) is 11.8 Å². The summed E-state index contributed by atoms with van der Waals surface area (Å²) in [5.41, 5.74) is 4.51. The minimum absolute atomic E-state index is 0.0396. The molecule has 1 aliphatic carbocycles. The van der Waals surface area contributed by atoms with Crippen molar-refractivity contribution in [2.75, 3.05) is 0 Å². The normalized spacial score (nSPS) is 20.4. The van der Waals surface area contributed by atoms with Gasteiger partial charge in [-0.1, -0.05) is 32.8 Å². The summed E-state index contributed by atoms with van der Waals surface area (Å²) in [4.78, 5) is 0. The summed E-state index contributed by atoms with van der Waals surface area (Å²) in [5.74, 6) is 1.47. The van der Waals surface area contributed by atoms with Crippen LogP contribution >= 0.6 is 0 Å². The Morgan fingerprint density at radius 1 is 1.04 bits per heavy atom. The standard InChI is InChI=1S/C22H28O3/c1-4-5-13(2)8-16-10-15-11-20(24)21(25)12-19(15)22(16)18-7-6-17(23)9-14(18)3/h6-7,9,11-13,16,22-25H,4-5,8,10H2,1-3H3/t13?,16?,22-/m0/s1. The van der Waals surface area contributed by atoms with Gasteiger partial charge >= 0.3 is 0 Å². The zero-order valence-electron chi connectivity index (χ0n) is 15.3. The van der Waals surface area contributed by atoms with Crippen LogP contribution in [0.3, 0.4) is 0 Å². The van der Waals surface area contributed by atoms with E-state index in [1.54, 1.807) is 24.3 Å². The summed E-state index contributed by atoms with van der Waals surface area (Å²) in [6.07, 6.45) is 4.44. The van der Waals surface area contributed by atoms with Crippen molar-refractivity contribution < 1.29 is 15.3 Å². The predicted molar refractivity (Wildman–Crippen MR) is 100 cm³/mol. The van der Waals surface area contributed by atoms with Gasteiger partial charge < -0.3 is 15.3 Å². The number of rotatable bonds is 5. The van der Waals surface area contributed by atoms with Crippen LogP contribution in [-0.4, -0.2) is 15.3 Å². The van der Waals surface area contributed by atoms with Crippen LogP contribution in [0.1, 0.15) is 61.3 Å². The van der Waals surface area contributed by atoms with E-state index in [1.165, 1.54) is 18.4 Å². The molecule has 0 amide bonds. The molecular weight excluding hydrogens is 312 g/mol. The van der Waals surface area contributed by atoms with E-state index in [-0.39, 0.29) is 23.2 Å². The highest BCUT2D eigenvalue weighted by atomic mass is 16.3. The average Bonchev–Trinajstić information content (AvgIpc) is 2.85. The second-order valence-corrected chi connectivity index (χ2v) is 7.65. The third-order valence-corrected chi connectivity index (χ3v) is 5.60. The molecule has 0 bridgehead atoms. The lowest BCUT2D eigenvalue weighted by atomic mass is 9.79. The molecule has 3 rings (SSSR count). The first-order valence-electron chi connectivity index (χ1n) is 9.25. The van der Waals surface area contributed by atoms with Gasteiger partial charge in [-0.25, -0.2) is 0 Å².